The van der Waals surface area contributed by atoms with Crippen LogP contribution < -0.4 is 16.2 Å². The second-order valence-electron chi connectivity index (χ2n) is 7.71. The van der Waals surface area contributed by atoms with Gasteiger partial charge in [-0.25, -0.2) is 4.98 Å². The lowest BCUT2D eigenvalue weighted by atomic mass is 10.0. The van der Waals surface area contributed by atoms with E-state index in [2.05, 4.69) is 15.6 Å². The molecule has 7 nitrogen and oxygen atoms in total. The molecule has 2 aromatic carbocycles. The molecule has 2 heterocycles. The molecule has 0 radical (unpaired) electrons. The highest BCUT2D eigenvalue weighted by molar-refractivity contribution is 7.19. The lowest BCUT2D eigenvalue weighted by Gasteiger charge is -2.18. The molecule has 4 aromatic rings. The van der Waals surface area contributed by atoms with E-state index in [0.717, 1.165) is 16.0 Å². The molecule has 0 spiro atoms. The number of hydrogen-bond donors (Lipinski definition) is 2. The van der Waals surface area contributed by atoms with Crippen molar-refractivity contribution in [3.8, 4) is 11.1 Å². The summed E-state index contributed by atoms with van der Waals surface area (Å²) in [6, 6.07) is 15.9. The fraction of sp³-hybridized carbons (Fsp3) is 0.200. The van der Waals surface area contributed by atoms with E-state index < -0.39 is 6.04 Å². The van der Waals surface area contributed by atoms with Crippen molar-refractivity contribution in [2.75, 3.05) is 10.6 Å². The van der Waals surface area contributed by atoms with Crippen molar-refractivity contribution >= 4 is 44.7 Å². The minimum atomic E-state index is -0.715. The Kier molecular flexibility index (Phi) is 6.37. The number of aromatic nitrogens is 2. The van der Waals surface area contributed by atoms with Crippen molar-refractivity contribution in [1.29, 1.82) is 0 Å². The average Bonchev–Trinajstić information content (AvgIpc) is 3.14. The normalized spacial score (nSPS) is 11.8. The van der Waals surface area contributed by atoms with Gasteiger partial charge in [-0.15, -0.1) is 11.3 Å². The van der Waals surface area contributed by atoms with Crippen LogP contribution in [0.2, 0.25) is 0 Å². The molecule has 2 aromatic heterocycles. The number of benzene rings is 2. The molecule has 33 heavy (non-hydrogen) atoms. The first-order valence-corrected chi connectivity index (χ1v) is 11.4. The van der Waals surface area contributed by atoms with Gasteiger partial charge in [-0.3, -0.25) is 19.0 Å². The number of thiophene rings is 1. The molecule has 4 rings (SSSR count). The Morgan fingerprint density at radius 1 is 1.03 bits per heavy atom. The Labute approximate surface area is 195 Å². The summed E-state index contributed by atoms with van der Waals surface area (Å²) in [5.41, 5.74) is 2.80. The van der Waals surface area contributed by atoms with Crippen molar-refractivity contribution in [1.82, 2.24) is 9.55 Å². The molecule has 1 unspecified atom stereocenters. The van der Waals surface area contributed by atoms with Gasteiger partial charge in [0.2, 0.25) is 11.8 Å². The van der Waals surface area contributed by atoms with Gasteiger partial charge < -0.3 is 10.6 Å². The SMILES string of the molecule is CCC(C(=O)Nc1ccc(NC(C)=O)cc1)n1cnc2sc(C)c(-c3ccccc3)c2c1=O. The third kappa shape index (κ3) is 4.56. The standard InChI is InChI=1S/C25H24N4O3S/c1-4-20(23(31)28-19-12-10-18(11-13-19)27-16(3)30)29-14-26-24-22(25(29)32)21(15(2)33-24)17-8-6-5-7-9-17/h5-14,20H,4H2,1-3H3,(H,27,30)(H,28,31). The maximum Gasteiger partial charge on any atom is 0.263 e. The molecule has 168 valence electrons. The van der Waals surface area contributed by atoms with Crippen LogP contribution in [0.3, 0.4) is 0 Å². The summed E-state index contributed by atoms with van der Waals surface area (Å²) in [7, 11) is 0. The molecule has 8 heteroatoms. The van der Waals surface area contributed by atoms with Crippen LogP contribution in [0.4, 0.5) is 11.4 Å². The minimum Gasteiger partial charge on any atom is -0.326 e. The van der Waals surface area contributed by atoms with Crippen molar-refractivity contribution < 1.29 is 9.59 Å². The van der Waals surface area contributed by atoms with Gasteiger partial charge in [0, 0.05) is 28.7 Å². The van der Waals surface area contributed by atoms with Gasteiger partial charge in [-0.1, -0.05) is 37.3 Å². The van der Waals surface area contributed by atoms with Crippen LogP contribution in [0.25, 0.3) is 21.3 Å². The number of fused-ring (bicyclic) bond motifs is 1. The molecule has 1 atom stereocenters. The van der Waals surface area contributed by atoms with E-state index in [0.29, 0.717) is 28.0 Å². The Bertz CT molecular complexity index is 1370. The van der Waals surface area contributed by atoms with Crippen molar-refractivity contribution in [3.63, 3.8) is 0 Å². The van der Waals surface area contributed by atoms with Crippen molar-refractivity contribution in [2.45, 2.75) is 33.2 Å². The highest BCUT2D eigenvalue weighted by Crippen LogP contribution is 2.35. The first kappa shape index (κ1) is 22.4. The Morgan fingerprint density at radius 2 is 1.67 bits per heavy atom. The second-order valence-corrected chi connectivity index (χ2v) is 8.91. The maximum absolute atomic E-state index is 13.5. The average molecular weight is 461 g/mol. The van der Waals surface area contributed by atoms with E-state index in [1.165, 1.54) is 29.2 Å². The summed E-state index contributed by atoms with van der Waals surface area (Å²) in [4.78, 5) is 44.0. The fourth-order valence-electron chi connectivity index (χ4n) is 3.86. The third-order valence-corrected chi connectivity index (χ3v) is 6.39. The van der Waals surface area contributed by atoms with Crippen LogP contribution >= 0.6 is 11.3 Å². The van der Waals surface area contributed by atoms with Gasteiger partial charge in [0.1, 0.15) is 10.9 Å². The van der Waals surface area contributed by atoms with E-state index in [9.17, 15) is 14.4 Å². The zero-order valence-corrected chi connectivity index (χ0v) is 19.4. The largest absolute Gasteiger partial charge is 0.326 e. The van der Waals surface area contributed by atoms with Crippen LogP contribution in [-0.4, -0.2) is 21.4 Å². The molecule has 2 N–H and O–H groups in total. The Morgan fingerprint density at radius 3 is 2.27 bits per heavy atom. The smallest absolute Gasteiger partial charge is 0.263 e. The van der Waals surface area contributed by atoms with Gasteiger partial charge in [-0.05, 0) is 43.2 Å². The van der Waals surface area contributed by atoms with Gasteiger partial charge in [0.05, 0.1) is 11.7 Å². The van der Waals surface area contributed by atoms with E-state index in [-0.39, 0.29) is 17.4 Å². The minimum absolute atomic E-state index is 0.168. The summed E-state index contributed by atoms with van der Waals surface area (Å²) in [5.74, 6) is -0.472. The number of amides is 2. The fourth-order valence-corrected chi connectivity index (χ4v) is 4.87. The zero-order valence-electron chi connectivity index (χ0n) is 18.6. The molecule has 0 fully saturated rings. The molecule has 2 amide bonds. The van der Waals surface area contributed by atoms with Crippen molar-refractivity contribution in [2.24, 2.45) is 0 Å². The molecule has 0 saturated heterocycles. The number of nitrogens with zero attached hydrogens (tertiary/aromatic N) is 2. The van der Waals surface area contributed by atoms with Crippen LogP contribution in [-0.2, 0) is 9.59 Å². The van der Waals surface area contributed by atoms with E-state index in [1.807, 2.05) is 44.2 Å². The lowest BCUT2D eigenvalue weighted by molar-refractivity contribution is -0.119. The van der Waals surface area contributed by atoms with Gasteiger partial charge in [0.25, 0.3) is 5.56 Å². The molecule has 0 aliphatic rings. The summed E-state index contributed by atoms with van der Waals surface area (Å²) < 4.78 is 1.42. The van der Waals surface area contributed by atoms with E-state index in [4.69, 9.17) is 0 Å². The summed E-state index contributed by atoms with van der Waals surface area (Å²) in [6.45, 7) is 5.27. The maximum atomic E-state index is 13.5. The molecular formula is C25H24N4O3S. The summed E-state index contributed by atoms with van der Waals surface area (Å²) in [5, 5.41) is 6.09. The highest BCUT2D eigenvalue weighted by atomic mass is 32.1. The quantitative estimate of drug-likeness (QED) is 0.424. The third-order valence-electron chi connectivity index (χ3n) is 5.37. The van der Waals surface area contributed by atoms with Gasteiger partial charge in [0.15, 0.2) is 0 Å². The summed E-state index contributed by atoms with van der Waals surface area (Å²) >= 11 is 1.48. The van der Waals surface area contributed by atoms with E-state index in [1.54, 1.807) is 24.3 Å². The second kappa shape index (κ2) is 9.38. The number of anilines is 2. The predicted molar refractivity (Wildman–Crippen MR) is 133 cm³/mol. The van der Waals surface area contributed by atoms with Crippen LogP contribution in [0, 0.1) is 6.92 Å². The number of hydrogen-bond acceptors (Lipinski definition) is 5. The Balaban J connectivity index is 1.68. The molecule has 0 aliphatic heterocycles. The van der Waals surface area contributed by atoms with Crippen LogP contribution in [0.15, 0.2) is 65.7 Å². The predicted octanol–water partition coefficient (Wildman–Crippen LogP) is 4.98. The lowest BCUT2D eigenvalue weighted by Crippen LogP contribution is -2.33. The topological polar surface area (TPSA) is 93.1 Å². The first-order chi connectivity index (χ1) is 15.9. The number of carbonyl (C=O) groups excluding carboxylic acids is 2. The zero-order chi connectivity index (χ0) is 23.5. The highest BCUT2D eigenvalue weighted by Gasteiger charge is 2.24. The molecule has 0 saturated carbocycles. The van der Waals surface area contributed by atoms with Crippen LogP contribution in [0.5, 0.6) is 0 Å². The number of carbonyl (C=O) groups is 2. The molecule has 0 aliphatic carbocycles. The van der Waals surface area contributed by atoms with Gasteiger partial charge >= 0.3 is 0 Å². The summed E-state index contributed by atoms with van der Waals surface area (Å²) in [6.07, 6.45) is 1.88. The molecular weight excluding hydrogens is 436 g/mol. The molecule has 0 bridgehead atoms. The van der Waals surface area contributed by atoms with E-state index >= 15 is 0 Å². The first-order valence-electron chi connectivity index (χ1n) is 10.6. The van der Waals surface area contributed by atoms with Crippen LogP contribution in [0.1, 0.15) is 31.2 Å². The number of rotatable bonds is 6. The van der Waals surface area contributed by atoms with Crippen molar-refractivity contribution in [3.05, 3.63) is 76.2 Å². The van der Waals surface area contributed by atoms with Gasteiger partial charge in [-0.2, -0.15) is 0 Å². The monoisotopic (exact) mass is 460 g/mol. The number of aryl methyl sites for hydroxylation is 1. The Hall–Kier alpha value is -3.78. The number of nitrogens with one attached hydrogen (secondary N) is 2.